The predicted molar refractivity (Wildman–Crippen MR) is 85.7 cm³/mol. The molecular formula is C17H36N2. The van der Waals surface area contributed by atoms with E-state index >= 15 is 0 Å². The van der Waals surface area contributed by atoms with Crippen LogP contribution in [-0.4, -0.2) is 37.6 Å². The zero-order valence-electron chi connectivity index (χ0n) is 13.4. The summed E-state index contributed by atoms with van der Waals surface area (Å²) in [5.74, 6) is 0. The van der Waals surface area contributed by atoms with Crippen LogP contribution in [0.15, 0.2) is 0 Å². The van der Waals surface area contributed by atoms with Crippen molar-refractivity contribution < 1.29 is 0 Å². The minimum Gasteiger partial charge on any atom is -0.315 e. The Bertz CT molecular complexity index is 188. The summed E-state index contributed by atoms with van der Waals surface area (Å²) in [5.41, 5.74) is 0. The second-order valence-electron chi connectivity index (χ2n) is 6.29. The number of unbranched alkanes of at least 4 members (excludes halogenated alkanes) is 6. The topological polar surface area (TPSA) is 15.3 Å². The van der Waals surface area contributed by atoms with Crippen molar-refractivity contribution in [3.63, 3.8) is 0 Å². The molecule has 1 fully saturated rings. The van der Waals surface area contributed by atoms with E-state index in [1.54, 1.807) is 0 Å². The van der Waals surface area contributed by atoms with E-state index in [9.17, 15) is 0 Å². The molecule has 1 aliphatic carbocycles. The minimum atomic E-state index is 0.875. The third-order valence-corrected chi connectivity index (χ3v) is 4.55. The molecule has 0 aromatic rings. The van der Waals surface area contributed by atoms with E-state index in [1.807, 2.05) is 0 Å². The van der Waals surface area contributed by atoms with Crippen molar-refractivity contribution >= 4 is 0 Å². The fraction of sp³-hybridized carbons (Fsp3) is 1.00. The van der Waals surface area contributed by atoms with Crippen molar-refractivity contribution in [3.8, 4) is 0 Å². The zero-order valence-corrected chi connectivity index (χ0v) is 13.4. The Balaban J connectivity index is 1.78. The highest BCUT2D eigenvalue weighted by Crippen LogP contribution is 2.21. The molecular weight excluding hydrogens is 232 g/mol. The summed E-state index contributed by atoms with van der Waals surface area (Å²) < 4.78 is 0. The molecule has 0 aliphatic heterocycles. The van der Waals surface area contributed by atoms with Crippen LogP contribution in [0.25, 0.3) is 0 Å². The molecule has 1 rings (SSSR count). The molecule has 0 atom stereocenters. The molecule has 2 heteroatoms. The molecule has 0 aromatic carbocycles. The first kappa shape index (κ1) is 17.0. The summed E-state index contributed by atoms with van der Waals surface area (Å²) in [5, 5.41) is 3.60. The van der Waals surface area contributed by atoms with Crippen LogP contribution >= 0.6 is 0 Å². The van der Waals surface area contributed by atoms with Gasteiger partial charge in [0.05, 0.1) is 0 Å². The van der Waals surface area contributed by atoms with Crippen LogP contribution < -0.4 is 5.32 Å². The average Bonchev–Trinajstić information content (AvgIpc) is 2.95. The molecule has 0 bridgehead atoms. The van der Waals surface area contributed by atoms with Crippen LogP contribution in [0.3, 0.4) is 0 Å². The van der Waals surface area contributed by atoms with Gasteiger partial charge in [0.15, 0.2) is 0 Å². The van der Waals surface area contributed by atoms with E-state index in [1.165, 1.54) is 90.3 Å². The van der Waals surface area contributed by atoms with Crippen molar-refractivity contribution in [1.29, 1.82) is 0 Å². The zero-order chi connectivity index (χ0) is 13.8. The number of rotatable bonds is 12. The maximum Gasteiger partial charge on any atom is 0.0107 e. The average molecular weight is 268 g/mol. The van der Waals surface area contributed by atoms with E-state index in [-0.39, 0.29) is 0 Å². The lowest BCUT2D eigenvalue weighted by atomic mass is 10.1. The minimum absolute atomic E-state index is 0.875. The molecule has 114 valence electrons. The standard InChI is InChI=1S/C17H36N2/c1-3-4-5-6-7-8-11-14-18-15-16-19(2)17-12-9-10-13-17/h17-18H,3-16H2,1-2H3. The Labute approximate surface area is 121 Å². The number of nitrogens with one attached hydrogen (secondary N) is 1. The van der Waals surface area contributed by atoms with E-state index in [2.05, 4.69) is 24.2 Å². The fourth-order valence-corrected chi connectivity index (χ4v) is 3.12. The summed E-state index contributed by atoms with van der Waals surface area (Å²) in [4.78, 5) is 2.56. The molecule has 1 aliphatic rings. The molecule has 1 saturated carbocycles. The van der Waals surface area contributed by atoms with Crippen molar-refractivity contribution in [2.45, 2.75) is 83.6 Å². The molecule has 2 nitrogen and oxygen atoms in total. The third-order valence-electron chi connectivity index (χ3n) is 4.55. The monoisotopic (exact) mass is 268 g/mol. The first-order chi connectivity index (χ1) is 9.34. The summed E-state index contributed by atoms with van der Waals surface area (Å²) in [6, 6.07) is 0.875. The lowest BCUT2D eigenvalue weighted by Crippen LogP contribution is -2.35. The highest BCUT2D eigenvalue weighted by molar-refractivity contribution is 4.75. The van der Waals surface area contributed by atoms with E-state index in [4.69, 9.17) is 0 Å². The summed E-state index contributed by atoms with van der Waals surface area (Å²) in [6.45, 7) is 5.89. The lowest BCUT2D eigenvalue weighted by Gasteiger charge is -2.23. The number of likely N-dealkylation sites (N-methyl/N-ethyl adjacent to an activating group) is 1. The van der Waals surface area contributed by atoms with Gasteiger partial charge in [-0.15, -0.1) is 0 Å². The van der Waals surface area contributed by atoms with Crippen LogP contribution in [0.5, 0.6) is 0 Å². The van der Waals surface area contributed by atoms with Crippen LogP contribution in [0, 0.1) is 0 Å². The van der Waals surface area contributed by atoms with Crippen LogP contribution in [0.4, 0.5) is 0 Å². The van der Waals surface area contributed by atoms with Crippen LogP contribution in [-0.2, 0) is 0 Å². The Morgan fingerprint density at radius 1 is 0.895 bits per heavy atom. The van der Waals surface area contributed by atoms with E-state index in [0.717, 1.165) is 6.04 Å². The van der Waals surface area contributed by atoms with Gasteiger partial charge in [-0.1, -0.05) is 58.3 Å². The molecule has 1 N–H and O–H groups in total. The van der Waals surface area contributed by atoms with Gasteiger partial charge < -0.3 is 10.2 Å². The van der Waals surface area contributed by atoms with Gasteiger partial charge in [0.25, 0.3) is 0 Å². The Morgan fingerprint density at radius 2 is 1.53 bits per heavy atom. The van der Waals surface area contributed by atoms with Gasteiger partial charge in [-0.25, -0.2) is 0 Å². The molecule has 0 unspecified atom stereocenters. The highest BCUT2D eigenvalue weighted by Gasteiger charge is 2.18. The molecule has 0 aromatic heterocycles. The van der Waals surface area contributed by atoms with Crippen molar-refractivity contribution in [2.75, 3.05) is 26.7 Å². The Hall–Kier alpha value is -0.0800. The highest BCUT2D eigenvalue weighted by atomic mass is 15.1. The molecule has 0 spiro atoms. The Kier molecular flexibility index (Phi) is 10.5. The second kappa shape index (κ2) is 11.7. The Morgan fingerprint density at radius 3 is 2.21 bits per heavy atom. The van der Waals surface area contributed by atoms with Crippen molar-refractivity contribution in [1.82, 2.24) is 10.2 Å². The molecule has 0 heterocycles. The first-order valence-corrected chi connectivity index (χ1v) is 8.75. The maximum absolute atomic E-state index is 3.60. The summed E-state index contributed by atoms with van der Waals surface area (Å²) >= 11 is 0. The second-order valence-corrected chi connectivity index (χ2v) is 6.29. The van der Waals surface area contributed by atoms with Gasteiger partial charge in [0.2, 0.25) is 0 Å². The molecule has 0 radical (unpaired) electrons. The summed E-state index contributed by atoms with van der Waals surface area (Å²) in [7, 11) is 2.30. The van der Waals surface area contributed by atoms with Crippen LogP contribution in [0.2, 0.25) is 0 Å². The third kappa shape index (κ3) is 8.65. The summed E-state index contributed by atoms with van der Waals surface area (Å²) in [6.07, 6.45) is 15.6. The lowest BCUT2D eigenvalue weighted by molar-refractivity contribution is 0.245. The maximum atomic E-state index is 3.60. The first-order valence-electron chi connectivity index (χ1n) is 8.75. The molecule has 19 heavy (non-hydrogen) atoms. The quantitative estimate of drug-likeness (QED) is 0.534. The molecule has 0 saturated heterocycles. The van der Waals surface area contributed by atoms with E-state index < -0.39 is 0 Å². The van der Waals surface area contributed by atoms with Crippen LogP contribution in [0.1, 0.15) is 77.6 Å². The number of nitrogens with zero attached hydrogens (tertiary/aromatic N) is 1. The largest absolute Gasteiger partial charge is 0.315 e. The van der Waals surface area contributed by atoms with Gasteiger partial charge in [-0.05, 0) is 32.9 Å². The number of hydrogen-bond acceptors (Lipinski definition) is 2. The van der Waals surface area contributed by atoms with Gasteiger partial charge in [0.1, 0.15) is 0 Å². The van der Waals surface area contributed by atoms with Gasteiger partial charge in [-0.2, -0.15) is 0 Å². The smallest absolute Gasteiger partial charge is 0.0107 e. The predicted octanol–water partition coefficient (Wildman–Crippen LogP) is 4.20. The normalized spacial score (nSPS) is 16.6. The van der Waals surface area contributed by atoms with Gasteiger partial charge in [-0.3, -0.25) is 0 Å². The SMILES string of the molecule is CCCCCCCCCNCCN(C)C1CCCC1. The fourth-order valence-electron chi connectivity index (χ4n) is 3.12. The van der Waals surface area contributed by atoms with Gasteiger partial charge in [0, 0.05) is 19.1 Å². The molecule has 0 amide bonds. The van der Waals surface area contributed by atoms with Crippen molar-refractivity contribution in [2.24, 2.45) is 0 Å². The van der Waals surface area contributed by atoms with E-state index in [0.29, 0.717) is 0 Å². The van der Waals surface area contributed by atoms with Crippen molar-refractivity contribution in [3.05, 3.63) is 0 Å². The number of hydrogen-bond donors (Lipinski definition) is 1. The van der Waals surface area contributed by atoms with Gasteiger partial charge >= 0.3 is 0 Å².